The Hall–Kier alpha value is -1.06. The molecule has 0 saturated heterocycles. The maximum absolute atomic E-state index is 13.0. The minimum absolute atomic E-state index is 0.102. The highest BCUT2D eigenvalue weighted by molar-refractivity contribution is 5.88. The van der Waals surface area contributed by atoms with Gasteiger partial charge in [-0.15, -0.1) is 0 Å². The summed E-state index contributed by atoms with van der Waals surface area (Å²) in [5, 5.41) is 3.06. The van der Waals surface area contributed by atoms with Gasteiger partial charge in [-0.25, -0.2) is 4.79 Å². The first-order valence-electron chi connectivity index (χ1n) is 8.86. The van der Waals surface area contributed by atoms with Crippen LogP contribution in [0.15, 0.2) is 0 Å². The predicted molar refractivity (Wildman–Crippen MR) is 84.0 cm³/mol. The Labute approximate surface area is 133 Å². The second-order valence-corrected chi connectivity index (χ2v) is 8.06. The first kappa shape index (κ1) is 15.8. The molecule has 1 amide bonds. The largest absolute Gasteiger partial charge is 0.467 e. The number of amides is 1. The molecule has 4 aliphatic carbocycles. The Morgan fingerprint density at radius 2 is 1.64 bits per heavy atom. The molecular weight excluding hydrogens is 278 g/mol. The van der Waals surface area contributed by atoms with E-state index in [9.17, 15) is 9.59 Å². The first-order chi connectivity index (χ1) is 10.5. The van der Waals surface area contributed by atoms with Gasteiger partial charge >= 0.3 is 5.97 Å². The van der Waals surface area contributed by atoms with Gasteiger partial charge in [-0.2, -0.15) is 0 Å². The molecule has 4 rings (SSSR count). The Balaban J connectivity index is 1.74. The fourth-order valence-corrected chi connectivity index (χ4v) is 5.48. The van der Waals surface area contributed by atoms with Crippen LogP contribution in [0, 0.1) is 29.1 Å². The molecule has 0 aromatic heterocycles. The van der Waals surface area contributed by atoms with Crippen LogP contribution in [-0.2, 0) is 14.3 Å². The normalized spacial score (nSPS) is 38.4. The van der Waals surface area contributed by atoms with Crippen LogP contribution in [0.25, 0.3) is 0 Å². The summed E-state index contributed by atoms with van der Waals surface area (Å²) in [6, 6.07) is -0.504. The summed E-state index contributed by atoms with van der Waals surface area (Å²) in [6.45, 7) is 4.04. The molecule has 22 heavy (non-hydrogen) atoms. The van der Waals surface area contributed by atoms with E-state index in [2.05, 4.69) is 5.32 Å². The number of carbonyl (C=O) groups is 2. The van der Waals surface area contributed by atoms with Crippen molar-refractivity contribution in [3.8, 4) is 0 Å². The molecule has 4 aliphatic rings. The van der Waals surface area contributed by atoms with Gasteiger partial charge in [0.25, 0.3) is 0 Å². The van der Waals surface area contributed by atoms with Gasteiger partial charge in [0, 0.05) is 5.41 Å². The molecule has 0 unspecified atom stereocenters. The third-order valence-corrected chi connectivity index (χ3v) is 6.47. The summed E-state index contributed by atoms with van der Waals surface area (Å²) >= 11 is 0. The molecule has 0 aliphatic heterocycles. The van der Waals surface area contributed by atoms with E-state index < -0.39 is 6.04 Å². The molecule has 2 atom stereocenters. The van der Waals surface area contributed by atoms with Gasteiger partial charge in [0.15, 0.2) is 0 Å². The molecule has 0 aromatic carbocycles. The van der Waals surface area contributed by atoms with Crippen LogP contribution in [0.2, 0.25) is 0 Å². The van der Waals surface area contributed by atoms with E-state index in [1.165, 1.54) is 26.4 Å². The number of rotatable bonds is 5. The number of nitrogens with one attached hydrogen (secondary N) is 1. The lowest BCUT2D eigenvalue weighted by Crippen LogP contribution is -2.57. The number of methoxy groups -OCH3 is 1. The number of hydrogen-bond donors (Lipinski definition) is 1. The Morgan fingerprint density at radius 3 is 2.05 bits per heavy atom. The molecule has 4 fully saturated rings. The van der Waals surface area contributed by atoms with Crippen LogP contribution in [0.1, 0.15) is 58.8 Å². The average molecular weight is 307 g/mol. The van der Waals surface area contributed by atoms with Crippen molar-refractivity contribution in [2.24, 2.45) is 29.1 Å². The monoisotopic (exact) mass is 307 g/mol. The van der Waals surface area contributed by atoms with Gasteiger partial charge in [-0.1, -0.05) is 20.3 Å². The summed E-state index contributed by atoms with van der Waals surface area (Å²) in [4.78, 5) is 25.1. The second kappa shape index (κ2) is 5.86. The Bertz CT molecular complexity index is 424. The summed E-state index contributed by atoms with van der Waals surface area (Å²) in [5.74, 6) is 2.10. The van der Waals surface area contributed by atoms with Gasteiger partial charge in [0.1, 0.15) is 6.04 Å². The summed E-state index contributed by atoms with van der Waals surface area (Å²) in [6.07, 6.45) is 7.88. The van der Waals surface area contributed by atoms with Crippen LogP contribution in [0.4, 0.5) is 0 Å². The average Bonchev–Trinajstić information content (AvgIpc) is 2.49. The van der Waals surface area contributed by atoms with Gasteiger partial charge in [-0.05, 0) is 62.2 Å². The number of hydrogen-bond acceptors (Lipinski definition) is 3. The molecule has 1 N–H and O–H groups in total. The van der Waals surface area contributed by atoms with Crippen LogP contribution in [-0.4, -0.2) is 25.0 Å². The van der Waals surface area contributed by atoms with E-state index in [4.69, 9.17) is 4.74 Å². The van der Waals surface area contributed by atoms with E-state index in [-0.39, 0.29) is 23.2 Å². The van der Waals surface area contributed by atoms with Crippen molar-refractivity contribution in [3.05, 3.63) is 0 Å². The van der Waals surface area contributed by atoms with Gasteiger partial charge in [0.2, 0.25) is 5.91 Å². The number of carbonyl (C=O) groups excluding carboxylic acids is 2. The van der Waals surface area contributed by atoms with E-state index in [1.807, 2.05) is 13.8 Å². The van der Waals surface area contributed by atoms with Crippen molar-refractivity contribution >= 4 is 11.9 Å². The number of esters is 1. The zero-order valence-electron chi connectivity index (χ0n) is 14.1. The highest BCUT2D eigenvalue weighted by atomic mass is 16.5. The highest BCUT2D eigenvalue weighted by Gasteiger charge is 2.55. The fourth-order valence-electron chi connectivity index (χ4n) is 5.48. The lowest BCUT2D eigenvalue weighted by atomic mass is 9.49. The Morgan fingerprint density at radius 1 is 1.14 bits per heavy atom. The lowest BCUT2D eigenvalue weighted by molar-refractivity contribution is -0.154. The van der Waals surface area contributed by atoms with Crippen LogP contribution >= 0.6 is 0 Å². The van der Waals surface area contributed by atoms with E-state index in [0.717, 1.165) is 43.4 Å². The molecule has 0 aromatic rings. The minimum atomic E-state index is -0.504. The van der Waals surface area contributed by atoms with Crippen LogP contribution in [0.3, 0.4) is 0 Å². The maximum atomic E-state index is 13.0. The molecule has 4 bridgehead atoms. The smallest absolute Gasteiger partial charge is 0.328 e. The topological polar surface area (TPSA) is 55.4 Å². The molecule has 0 radical (unpaired) electrons. The predicted octanol–water partition coefficient (Wildman–Crippen LogP) is 2.91. The molecule has 4 saturated carbocycles. The molecule has 0 spiro atoms. The zero-order valence-corrected chi connectivity index (χ0v) is 14.1. The van der Waals surface area contributed by atoms with E-state index >= 15 is 0 Å². The molecule has 0 heterocycles. The number of ether oxygens (including phenoxy) is 1. The standard InChI is InChI=1S/C18H29NO3/c1-4-11(2)15(16(20)22-3)19-17(21)18-8-12-5-13(9-18)7-14(6-12)10-18/h11-15H,4-10H2,1-3H3,(H,19,21)/t11-,12?,13?,14?,15-,18?/m1/s1. The van der Waals surface area contributed by atoms with Crippen LogP contribution in [0.5, 0.6) is 0 Å². The van der Waals surface area contributed by atoms with Gasteiger partial charge in [0.05, 0.1) is 7.11 Å². The van der Waals surface area contributed by atoms with Crippen LogP contribution < -0.4 is 5.32 Å². The minimum Gasteiger partial charge on any atom is -0.467 e. The molecule has 4 nitrogen and oxygen atoms in total. The van der Waals surface area contributed by atoms with E-state index in [1.54, 1.807) is 0 Å². The van der Waals surface area contributed by atoms with Crippen molar-refractivity contribution in [3.63, 3.8) is 0 Å². The van der Waals surface area contributed by atoms with Crippen molar-refractivity contribution < 1.29 is 14.3 Å². The quantitative estimate of drug-likeness (QED) is 0.795. The van der Waals surface area contributed by atoms with Crippen molar-refractivity contribution in [1.29, 1.82) is 0 Å². The van der Waals surface area contributed by atoms with Crippen molar-refractivity contribution in [1.82, 2.24) is 5.32 Å². The lowest BCUT2D eigenvalue weighted by Gasteiger charge is -2.55. The van der Waals surface area contributed by atoms with E-state index in [0.29, 0.717) is 0 Å². The third kappa shape index (κ3) is 2.65. The molecule has 4 heteroatoms. The van der Waals surface area contributed by atoms with Crippen molar-refractivity contribution in [2.75, 3.05) is 7.11 Å². The van der Waals surface area contributed by atoms with Crippen molar-refractivity contribution in [2.45, 2.75) is 64.8 Å². The highest BCUT2D eigenvalue weighted by Crippen LogP contribution is 2.60. The fraction of sp³-hybridized carbons (Fsp3) is 0.889. The third-order valence-electron chi connectivity index (χ3n) is 6.47. The molecular formula is C18H29NO3. The maximum Gasteiger partial charge on any atom is 0.328 e. The first-order valence-corrected chi connectivity index (χ1v) is 8.86. The summed E-state index contributed by atoms with van der Waals surface area (Å²) < 4.78 is 4.90. The SMILES string of the molecule is CC[C@@H](C)[C@@H](NC(=O)C12CC3CC(CC(C3)C1)C2)C(=O)OC. The summed E-state index contributed by atoms with van der Waals surface area (Å²) in [7, 11) is 1.40. The Kier molecular flexibility index (Phi) is 4.21. The van der Waals surface area contributed by atoms with Gasteiger partial charge in [-0.3, -0.25) is 4.79 Å². The van der Waals surface area contributed by atoms with Gasteiger partial charge < -0.3 is 10.1 Å². The zero-order chi connectivity index (χ0) is 15.9. The second-order valence-electron chi connectivity index (χ2n) is 8.06. The summed E-state index contributed by atoms with van der Waals surface area (Å²) in [5.41, 5.74) is -0.200. The molecule has 124 valence electrons.